The monoisotopic (exact) mass is 361 g/mol. The third-order valence-electron chi connectivity index (χ3n) is 4.68. The number of hydrogen-bond acceptors (Lipinski definition) is 5. The number of benzene rings is 1. The lowest BCUT2D eigenvalue weighted by Gasteiger charge is -2.28. The third-order valence-corrected chi connectivity index (χ3v) is 6.24. The molecule has 2 aromatic heterocycles. The van der Waals surface area contributed by atoms with Crippen LogP contribution in [0.15, 0.2) is 35.0 Å². The Morgan fingerprint density at radius 1 is 1.28 bits per heavy atom. The Balaban J connectivity index is 1.54. The largest absolute Gasteiger partial charge is 0.361 e. The zero-order chi connectivity index (χ0) is 17.4. The molecule has 0 atom stereocenters. The molecule has 25 heavy (non-hydrogen) atoms. The molecule has 3 heterocycles. The van der Waals surface area contributed by atoms with Gasteiger partial charge in [0.05, 0.1) is 0 Å². The van der Waals surface area contributed by atoms with Crippen LogP contribution in [0.2, 0.25) is 0 Å². The van der Waals surface area contributed by atoms with E-state index in [-0.39, 0.29) is 5.92 Å². The van der Waals surface area contributed by atoms with Crippen LogP contribution >= 0.6 is 0 Å². The summed E-state index contributed by atoms with van der Waals surface area (Å²) in [7, 11) is -1.95. The number of nitrogens with one attached hydrogen (secondary N) is 2. The number of rotatable bonds is 4. The predicted octanol–water partition coefficient (Wildman–Crippen LogP) is 1.86. The normalized spacial score (nSPS) is 17.3. The lowest BCUT2D eigenvalue weighted by molar-refractivity contribution is 0.269. The number of H-pyrrole nitrogens is 1. The van der Waals surface area contributed by atoms with Crippen molar-refractivity contribution in [2.24, 2.45) is 0 Å². The average molecular weight is 361 g/mol. The first-order valence-corrected chi connectivity index (χ1v) is 9.61. The predicted molar refractivity (Wildman–Crippen MR) is 93.1 cm³/mol. The Morgan fingerprint density at radius 3 is 2.84 bits per heavy atom. The van der Waals surface area contributed by atoms with Crippen molar-refractivity contribution >= 4 is 21.1 Å². The highest BCUT2D eigenvalue weighted by atomic mass is 32.2. The average Bonchev–Trinajstić information content (AvgIpc) is 3.31. The highest BCUT2D eigenvalue weighted by Crippen LogP contribution is 2.31. The van der Waals surface area contributed by atoms with Gasteiger partial charge in [0, 0.05) is 48.7 Å². The number of hydrogen-bond donors (Lipinski definition) is 2. The maximum absolute atomic E-state index is 11.8. The van der Waals surface area contributed by atoms with Gasteiger partial charge in [-0.1, -0.05) is 17.3 Å². The van der Waals surface area contributed by atoms with Crippen molar-refractivity contribution in [3.8, 4) is 11.4 Å². The van der Waals surface area contributed by atoms with Gasteiger partial charge < -0.3 is 9.51 Å². The van der Waals surface area contributed by atoms with Crippen molar-refractivity contribution in [2.75, 3.05) is 20.1 Å². The van der Waals surface area contributed by atoms with Gasteiger partial charge in [-0.15, -0.1) is 0 Å². The summed E-state index contributed by atoms with van der Waals surface area (Å²) >= 11 is 0. The van der Waals surface area contributed by atoms with E-state index in [1.54, 1.807) is 0 Å². The standard InChI is InChI=1S/C16H19N5O3S/c1-17-25(22,23)21-9-6-11(7-10-21)16-19-15(20-24-16)13-3-2-4-14-12(13)5-8-18-14/h2-5,8,11,17-18H,6-7,9-10H2,1H3. The molecule has 3 aromatic rings. The van der Waals surface area contributed by atoms with Crippen molar-refractivity contribution in [3.63, 3.8) is 0 Å². The molecule has 0 bridgehead atoms. The topological polar surface area (TPSA) is 104 Å². The van der Waals surface area contributed by atoms with Crippen molar-refractivity contribution in [1.29, 1.82) is 0 Å². The Hall–Kier alpha value is -2.23. The Labute approximate surface area is 145 Å². The summed E-state index contributed by atoms with van der Waals surface area (Å²) in [5.74, 6) is 1.21. The molecule has 1 aliphatic rings. The highest BCUT2D eigenvalue weighted by Gasteiger charge is 2.30. The van der Waals surface area contributed by atoms with Gasteiger partial charge >= 0.3 is 0 Å². The van der Waals surface area contributed by atoms with E-state index in [1.165, 1.54) is 11.4 Å². The summed E-state index contributed by atoms with van der Waals surface area (Å²) in [6.07, 6.45) is 3.21. The minimum Gasteiger partial charge on any atom is -0.361 e. The summed E-state index contributed by atoms with van der Waals surface area (Å²) in [5.41, 5.74) is 1.94. The minimum atomic E-state index is -3.37. The first kappa shape index (κ1) is 16.2. The molecule has 132 valence electrons. The second kappa shape index (κ2) is 6.25. The van der Waals surface area contributed by atoms with Gasteiger partial charge in [0.2, 0.25) is 11.7 Å². The van der Waals surface area contributed by atoms with Gasteiger partial charge in [0.25, 0.3) is 10.2 Å². The Bertz CT molecular complexity index is 986. The molecule has 0 radical (unpaired) electrons. The molecule has 8 nitrogen and oxygen atoms in total. The fourth-order valence-corrected chi connectivity index (χ4v) is 4.21. The molecule has 0 aliphatic carbocycles. The molecule has 0 amide bonds. The molecule has 0 spiro atoms. The lowest BCUT2D eigenvalue weighted by Crippen LogP contribution is -2.43. The summed E-state index contributed by atoms with van der Waals surface area (Å²) < 4.78 is 33.0. The maximum Gasteiger partial charge on any atom is 0.279 e. The molecule has 0 saturated carbocycles. The van der Waals surface area contributed by atoms with Crippen molar-refractivity contribution in [1.82, 2.24) is 24.2 Å². The number of nitrogens with zero attached hydrogens (tertiary/aromatic N) is 3. The van der Waals surface area contributed by atoms with Crippen LogP contribution in [0.4, 0.5) is 0 Å². The van der Waals surface area contributed by atoms with E-state index in [0.29, 0.717) is 37.6 Å². The number of aromatic amines is 1. The van der Waals surface area contributed by atoms with Crippen LogP contribution in [-0.2, 0) is 10.2 Å². The second-order valence-corrected chi connectivity index (χ2v) is 7.96. The SMILES string of the molecule is CNS(=O)(=O)N1CCC(c2nc(-c3cccc4[nH]ccc34)no2)CC1. The summed E-state index contributed by atoms with van der Waals surface area (Å²) in [6.45, 7) is 0.887. The van der Waals surface area contributed by atoms with Crippen molar-refractivity contribution in [2.45, 2.75) is 18.8 Å². The third kappa shape index (κ3) is 2.94. The first-order valence-electron chi connectivity index (χ1n) is 8.17. The fraction of sp³-hybridized carbons (Fsp3) is 0.375. The van der Waals surface area contributed by atoms with E-state index in [0.717, 1.165) is 16.5 Å². The quantitative estimate of drug-likeness (QED) is 0.738. The lowest BCUT2D eigenvalue weighted by atomic mass is 9.98. The molecular formula is C16H19N5O3S. The van der Waals surface area contributed by atoms with Crippen LogP contribution in [-0.4, -0.2) is 48.0 Å². The smallest absolute Gasteiger partial charge is 0.279 e. The Morgan fingerprint density at radius 2 is 2.08 bits per heavy atom. The summed E-state index contributed by atoms with van der Waals surface area (Å²) in [6, 6.07) is 7.90. The first-order chi connectivity index (χ1) is 12.1. The van der Waals surface area contributed by atoms with Crippen LogP contribution < -0.4 is 4.72 Å². The van der Waals surface area contributed by atoms with Gasteiger partial charge in [0.1, 0.15) is 0 Å². The van der Waals surface area contributed by atoms with E-state index in [1.807, 2.05) is 30.5 Å². The van der Waals surface area contributed by atoms with Crippen LogP contribution in [0.5, 0.6) is 0 Å². The van der Waals surface area contributed by atoms with Gasteiger partial charge in [0.15, 0.2) is 0 Å². The fourth-order valence-electron chi connectivity index (χ4n) is 3.26. The number of aromatic nitrogens is 3. The Kier molecular flexibility index (Phi) is 4.06. The van der Waals surface area contributed by atoms with E-state index in [4.69, 9.17) is 4.52 Å². The molecule has 9 heteroatoms. The summed E-state index contributed by atoms with van der Waals surface area (Å²) in [5, 5.41) is 5.18. The van der Waals surface area contributed by atoms with Gasteiger partial charge in [-0.05, 0) is 25.0 Å². The van der Waals surface area contributed by atoms with E-state index < -0.39 is 10.2 Å². The van der Waals surface area contributed by atoms with E-state index >= 15 is 0 Å². The minimum absolute atomic E-state index is 0.0787. The zero-order valence-corrected chi connectivity index (χ0v) is 14.6. The van der Waals surface area contributed by atoms with E-state index in [9.17, 15) is 8.42 Å². The van der Waals surface area contributed by atoms with Crippen LogP contribution in [0.25, 0.3) is 22.3 Å². The van der Waals surface area contributed by atoms with Crippen LogP contribution in [0, 0.1) is 0 Å². The van der Waals surface area contributed by atoms with Crippen LogP contribution in [0.1, 0.15) is 24.7 Å². The van der Waals surface area contributed by atoms with Crippen molar-refractivity contribution in [3.05, 3.63) is 36.4 Å². The maximum atomic E-state index is 11.8. The molecule has 1 aliphatic heterocycles. The summed E-state index contributed by atoms with van der Waals surface area (Å²) in [4.78, 5) is 7.74. The van der Waals surface area contributed by atoms with Gasteiger partial charge in [-0.2, -0.15) is 17.7 Å². The molecule has 1 fully saturated rings. The van der Waals surface area contributed by atoms with Gasteiger partial charge in [-0.25, -0.2) is 4.72 Å². The molecule has 4 rings (SSSR count). The molecule has 1 aromatic carbocycles. The molecule has 0 unspecified atom stereocenters. The molecule has 2 N–H and O–H groups in total. The number of fused-ring (bicyclic) bond motifs is 1. The molecule has 1 saturated heterocycles. The van der Waals surface area contributed by atoms with E-state index in [2.05, 4.69) is 19.8 Å². The zero-order valence-electron chi connectivity index (χ0n) is 13.8. The molecular weight excluding hydrogens is 342 g/mol. The highest BCUT2D eigenvalue weighted by molar-refractivity contribution is 7.87. The van der Waals surface area contributed by atoms with Crippen LogP contribution in [0.3, 0.4) is 0 Å². The van der Waals surface area contributed by atoms with Gasteiger partial charge in [-0.3, -0.25) is 0 Å². The second-order valence-electron chi connectivity index (χ2n) is 6.08. The number of piperidine rings is 1. The van der Waals surface area contributed by atoms with Crippen molar-refractivity contribution < 1.29 is 12.9 Å².